The van der Waals surface area contributed by atoms with Gasteiger partial charge in [-0.25, -0.2) is 12.7 Å². The Labute approximate surface area is 156 Å². The number of halogens is 1. The second-order valence-electron chi connectivity index (χ2n) is 4.92. The first-order chi connectivity index (χ1) is 10.0. The van der Waals surface area contributed by atoms with E-state index in [0.29, 0.717) is 30.8 Å². The van der Waals surface area contributed by atoms with Gasteiger partial charge in [0, 0.05) is 38.5 Å². The predicted molar refractivity (Wildman–Crippen MR) is 107 cm³/mol. The van der Waals surface area contributed by atoms with Crippen molar-refractivity contribution in [2.75, 3.05) is 44.7 Å². The van der Waals surface area contributed by atoms with Crippen molar-refractivity contribution >= 4 is 51.7 Å². The van der Waals surface area contributed by atoms with Crippen LogP contribution in [0.3, 0.4) is 0 Å². The summed E-state index contributed by atoms with van der Waals surface area (Å²) in [5, 5.41) is 6.98. The minimum atomic E-state index is -3.17. The van der Waals surface area contributed by atoms with Gasteiger partial charge in [0.1, 0.15) is 0 Å². The van der Waals surface area contributed by atoms with E-state index in [0.717, 1.165) is 6.54 Å². The van der Waals surface area contributed by atoms with Crippen LogP contribution in [-0.2, 0) is 10.0 Å². The Balaban J connectivity index is 0.00000441. The summed E-state index contributed by atoms with van der Waals surface area (Å²) in [5.74, 6) is 2.01. The van der Waals surface area contributed by atoms with Crippen molar-refractivity contribution in [1.82, 2.24) is 14.9 Å². The summed E-state index contributed by atoms with van der Waals surface area (Å²) < 4.78 is 25.6. The molecule has 1 fully saturated rings. The van der Waals surface area contributed by atoms with Crippen LogP contribution < -0.4 is 10.6 Å². The van der Waals surface area contributed by atoms with Crippen molar-refractivity contribution in [3.8, 4) is 0 Å². The lowest BCUT2D eigenvalue weighted by molar-refractivity contribution is 0.445. The van der Waals surface area contributed by atoms with Crippen LogP contribution in [-0.4, -0.2) is 68.7 Å². The summed E-state index contributed by atoms with van der Waals surface area (Å²) in [7, 11) is -1.47. The fraction of sp³-hybridized carbons (Fsp3) is 0.923. The standard InChI is InChI=1S/C13H28N4O2S2.HI/c1-4-17(5-2)21(18,19)10-8-15-13(14-3)16-11-12-7-6-9-20-12;/h12H,4-11H2,1-3H3,(H2,14,15,16);1H. The van der Waals surface area contributed by atoms with E-state index in [1.54, 1.807) is 7.05 Å². The smallest absolute Gasteiger partial charge is 0.215 e. The first-order valence-electron chi connectivity index (χ1n) is 7.57. The molecule has 1 atom stereocenters. The van der Waals surface area contributed by atoms with E-state index in [1.807, 2.05) is 25.6 Å². The van der Waals surface area contributed by atoms with Crippen LogP contribution in [0.4, 0.5) is 0 Å². The second kappa shape index (κ2) is 11.7. The highest BCUT2D eigenvalue weighted by Crippen LogP contribution is 2.25. The van der Waals surface area contributed by atoms with Crippen LogP contribution in [0.15, 0.2) is 4.99 Å². The van der Waals surface area contributed by atoms with Crippen LogP contribution in [0.5, 0.6) is 0 Å². The van der Waals surface area contributed by atoms with Crippen LogP contribution in [0, 0.1) is 0 Å². The number of nitrogens with zero attached hydrogens (tertiary/aromatic N) is 2. The number of thioether (sulfide) groups is 1. The summed E-state index contributed by atoms with van der Waals surface area (Å²) in [4.78, 5) is 4.13. The third-order valence-corrected chi connectivity index (χ3v) is 6.92. The Morgan fingerprint density at radius 3 is 2.50 bits per heavy atom. The van der Waals surface area contributed by atoms with Gasteiger partial charge in [-0.15, -0.1) is 24.0 Å². The van der Waals surface area contributed by atoms with E-state index in [2.05, 4.69) is 15.6 Å². The first-order valence-corrected chi connectivity index (χ1v) is 10.2. The topological polar surface area (TPSA) is 73.8 Å². The molecule has 1 rings (SSSR count). The van der Waals surface area contributed by atoms with Crippen molar-refractivity contribution in [2.24, 2.45) is 4.99 Å². The van der Waals surface area contributed by atoms with E-state index in [-0.39, 0.29) is 29.7 Å². The Hall–Kier alpha value is 0.260. The molecule has 1 saturated heterocycles. The normalized spacial score (nSPS) is 19.1. The Kier molecular flexibility index (Phi) is 11.9. The van der Waals surface area contributed by atoms with Gasteiger partial charge in [0.25, 0.3) is 0 Å². The van der Waals surface area contributed by atoms with Crippen molar-refractivity contribution in [3.05, 3.63) is 0 Å². The molecule has 6 nitrogen and oxygen atoms in total. The Morgan fingerprint density at radius 1 is 1.32 bits per heavy atom. The highest BCUT2D eigenvalue weighted by atomic mass is 127. The van der Waals surface area contributed by atoms with E-state index >= 15 is 0 Å². The van der Waals surface area contributed by atoms with Gasteiger partial charge < -0.3 is 10.6 Å². The molecule has 0 bridgehead atoms. The van der Waals surface area contributed by atoms with Crippen molar-refractivity contribution in [2.45, 2.75) is 31.9 Å². The molecule has 132 valence electrons. The van der Waals surface area contributed by atoms with Gasteiger partial charge in [-0.1, -0.05) is 13.8 Å². The minimum absolute atomic E-state index is 0. The average molecular weight is 464 g/mol. The highest BCUT2D eigenvalue weighted by Gasteiger charge is 2.19. The quantitative estimate of drug-likeness (QED) is 0.322. The molecule has 0 aromatic carbocycles. The maximum atomic E-state index is 12.1. The van der Waals surface area contributed by atoms with Crippen LogP contribution in [0.2, 0.25) is 0 Å². The van der Waals surface area contributed by atoms with Gasteiger partial charge >= 0.3 is 0 Å². The molecule has 0 radical (unpaired) electrons. The third kappa shape index (κ3) is 7.69. The van der Waals surface area contributed by atoms with Gasteiger partial charge in [0.15, 0.2) is 5.96 Å². The molecule has 0 amide bonds. The van der Waals surface area contributed by atoms with E-state index in [1.165, 1.54) is 22.9 Å². The summed E-state index contributed by atoms with van der Waals surface area (Å²) in [6.45, 7) is 6.00. The van der Waals surface area contributed by atoms with E-state index < -0.39 is 10.0 Å². The lowest BCUT2D eigenvalue weighted by Gasteiger charge is -2.19. The number of nitrogens with one attached hydrogen (secondary N) is 2. The zero-order valence-electron chi connectivity index (χ0n) is 13.7. The average Bonchev–Trinajstić information content (AvgIpc) is 2.96. The zero-order valence-corrected chi connectivity index (χ0v) is 17.6. The molecule has 0 spiro atoms. The van der Waals surface area contributed by atoms with Gasteiger partial charge in [-0.2, -0.15) is 11.8 Å². The van der Waals surface area contributed by atoms with Gasteiger partial charge in [0.05, 0.1) is 5.75 Å². The summed E-state index contributed by atoms with van der Waals surface area (Å²) in [5.41, 5.74) is 0. The molecule has 22 heavy (non-hydrogen) atoms. The number of aliphatic imine (C=N–C) groups is 1. The third-order valence-electron chi connectivity index (χ3n) is 3.50. The molecule has 9 heteroatoms. The van der Waals surface area contributed by atoms with Crippen LogP contribution in [0.25, 0.3) is 0 Å². The maximum Gasteiger partial charge on any atom is 0.215 e. The molecular weight excluding hydrogens is 435 g/mol. The number of rotatable bonds is 8. The maximum absolute atomic E-state index is 12.1. The highest BCUT2D eigenvalue weighted by molar-refractivity contribution is 14.0. The number of sulfonamides is 1. The fourth-order valence-electron chi connectivity index (χ4n) is 2.28. The number of guanidine groups is 1. The molecule has 1 aliphatic rings. The predicted octanol–water partition coefficient (Wildman–Crippen LogP) is 1.34. The molecule has 0 aromatic rings. The molecule has 0 aliphatic carbocycles. The molecule has 0 saturated carbocycles. The summed E-state index contributed by atoms with van der Waals surface area (Å²) in [6, 6.07) is 0. The van der Waals surface area contributed by atoms with Crippen LogP contribution in [0.1, 0.15) is 26.7 Å². The monoisotopic (exact) mass is 464 g/mol. The lowest BCUT2D eigenvalue weighted by Crippen LogP contribution is -2.43. The SMILES string of the molecule is CCN(CC)S(=O)(=O)CCNC(=NC)NCC1CCCS1.I. The molecule has 2 N–H and O–H groups in total. The summed E-state index contributed by atoms with van der Waals surface area (Å²) >= 11 is 1.98. The lowest BCUT2D eigenvalue weighted by atomic mass is 10.2. The van der Waals surface area contributed by atoms with Gasteiger partial charge in [-0.3, -0.25) is 4.99 Å². The van der Waals surface area contributed by atoms with Gasteiger partial charge in [0.2, 0.25) is 10.0 Å². The molecule has 0 aromatic heterocycles. The van der Waals surface area contributed by atoms with Crippen molar-refractivity contribution < 1.29 is 8.42 Å². The Bertz CT molecular complexity index is 422. The first kappa shape index (κ1) is 22.3. The second-order valence-corrected chi connectivity index (χ2v) is 8.41. The zero-order chi connectivity index (χ0) is 15.7. The summed E-state index contributed by atoms with van der Waals surface area (Å²) in [6.07, 6.45) is 2.52. The van der Waals surface area contributed by atoms with Gasteiger partial charge in [-0.05, 0) is 18.6 Å². The van der Waals surface area contributed by atoms with E-state index in [9.17, 15) is 8.42 Å². The Morgan fingerprint density at radius 2 is 2.00 bits per heavy atom. The number of hydrogen-bond acceptors (Lipinski definition) is 4. The van der Waals surface area contributed by atoms with Crippen LogP contribution >= 0.6 is 35.7 Å². The van der Waals surface area contributed by atoms with Crippen molar-refractivity contribution in [3.63, 3.8) is 0 Å². The molecule has 1 heterocycles. The van der Waals surface area contributed by atoms with Crippen molar-refractivity contribution in [1.29, 1.82) is 0 Å². The minimum Gasteiger partial charge on any atom is -0.355 e. The largest absolute Gasteiger partial charge is 0.355 e. The molecular formula is C13H29IN4O2S2. The molecule has 1 unspecified atom stereocenters. The molecule has 1 aliphatic heterocycles. The van der Waals surface area contributed by atoms with E-state index in [4.69, 9.17) is 0 Å². The fourth-order valence-corrected chi connectivity index (χ4v) is 4.89. The number of hydrogen-bond donors (Lipinski definition) is 2.